The zero-order valence-corrected chi connectivity index (χ0v) is 20.5. The van der Waals surface area contributed by atoms with E-state index in [0.29, 0.717) is 13.2 Å². The molecule has 0 fully saturated rings. The van der Waals surface area contributed by atoms with Gasteiger partial charge in [0.25, 0.3) is 0 Å². The minimum absolute atomic E-state index is 0.659. The molecule has 4 heterocycles. The van der Waals surface area contributed by atoms with Crippen LogP contribution in [0, 0.1) is 0 Å². The molecule has 0 saturated heterocycles. The molecular formula is C29H21N2O2S2+. The molecule has 0 saturated carbocycles. The fraction of sp³-hybridized carbons (Fsp3) is 0.138. The predicted octanol–water partition coefficient (Wildman–Crippen LogP) is 6.68. The highest BCUT2D eigenvalue weighted by Crippen LogP contribution is 2.51. The van der Waals surface area contributed by atoms with E-state index in [1.54, 1.807) is 0 Å². The average Bonchev–Trinajstić information content (AvgIpc) is 3.49. The van der Waals surface area contributed by atoms with Gasteiger partial charge in [-0.05, 0) is 28.3 Å². The number of anilines is 1. The van der Waals surface area contributed by atoms with Crippen molar-refractivity contribution < 1.29 is 14.0 Å². The summed E-state index contributed by atoms with van der Waals surface area (Å²) in [6.07, 6.45) is 2.12. The maximum atomic E-state index is 6.25. The van der Waals surface area contributed by atoms with E-state index in [9.17, 15) is 0 Å². The third-order valence-corrected chi connectivity index (χ3v) is 9.51. The summed E-state index contributed by atoms with van der Waals surface area (Å²) >= 11 is 3.62. The summed E-state index contributed by atoms with van der Waals surface area (Å²) in [5, 5.41) is 7.45. The Hall–Kier alpha value is -3.48. The van der Waals surface area contributed by atoms with Crippen LogP contribution < -0.4 is 9.47 Å². The van der Waals surface area contributed by atoms with Gasteiger partial charge in [0.2, 0.25) is 11.3 Å². The van der Waals surface area contributed by atoms with E-state index < -0.39 is 0 Å². The minimum Gasteiger partial charge on any atom is -0.489 e. The number of allylic oxidation sites excluding steroid dienone is 1. The van der Waals surface area contributed by atoms with Crippen molar-refractivity contribution in [1.82, 2.24) is 0 Å². The molecule has 4 nitrogen and oxygen atoms in total. The normalized spacial score (nSPS) is 18.1. The highest BCUT2D eigenvalue weighted by atomic mass is 32.2. The lowest BCUT2D eigenvalue weighted by molar-refractivity contribution is -0.676. The van der Waals surface area contributed by atoms with E-state index in [1.165, 1.54) is 42.3 Å². The fourth-order valence-electron chi connectivity index (χ4n) is 5.38. The quantitative estimate of drug-likeness (QED) is 0.243. The van der Waals surface area contributed by atoms with Crippen molar-refractivity contribution in [2.75, 3.05) is 24.7 Å². The van der Waals surface area contributed by atoms with Crippen LogP contribution in [0.2, 0.25) is 0 Å². The van der Waals surface area contributed by atoms with Gasteiger partial charge in [0.15, 0.2) is 12.3 Å². The standard InChI is InChI=1S/C29H21N2O2S2/c1-3-7-20-18(5-1)9-11-22-26(20)34-28-24(32-15-13-30(22)28)17-25-29-31(14-16-33-25)23-12-10-19-6-2-4-8-21(19)27(23)35-29/h1-12,17H,13-16H2/q+1. The lowest BCUT2D eigenvalue weighted by Crippen LogP contribution is -2.41. The summed E-state index contributed by atoms with van der Waals surface area (Å²) in [6, 6.07) is 26.2. The van der Waals surface area contributed by atoms with Crippen molar-refractivity contribution in [3.63, 3.8) is 0 Å². The SMILES string of the molecule is C(=C1OCC[n+]2c1sc1c3ccccc3ccc12)C1=C2Sc3c(ccc4ccccc34)N2CCO1. The van der Waals surface area contributed by atoms with E-state index in [4.69, 9.17) is 9.47 Å². The minimum atomic E-state index is 0.659. The smallest absolute Gasteiger partial charge is 0.305 e. The molecule has 0 bridgehead atoms. The molecule has 0 N–H and O–H groups in total. The third kappa shape index (κ3) is 2.90. The molecule has 170 valence electrons. The number of hydrogen-bond donors (Lipinski definition) is 0. The lowest BCUT2D eigenvalue weighted by Gasteiger charge is -2.27. The van der Waals surface area contributed by atoms with Crippen LogP contribution in [0.3, 0.4) is 0 Å². The predicted molar refractivity (Wildman–Crippen MR) is 144 cm³/mol. The van der Waals surface area contributed by atoms with Crippen molar-refractivity contribution >= 4 is 66.3 Å². The second kappa shape index (κ2) is 7.51. The van der Waals surface area contributed by atoms with Crippen molar-refractivity contribution in [3.05, 3.63) is 94.7 Å². The van der Waals surface area contributed by atoms with Crippen LogP contribution in [0.4, 0.5) is 5.69 Å². The second-order valence-corrected chi connectivity index (χ2v) is 11.0. The van der Waals surface area contributed by atoms with Crippen LogP contribution in [-0.2, 0) is 16.0 Å². The Bertz CT molecular complexity index is 1750. The summed E-state index contributed by atoms with van der Waals surface area (Å²) in [4.78, 5) is 3.71. The molecule has 0 unspecified atom stereocenters. The first-order chi connectivity index (χ1) is 17.3. The maximum Gasteiger partial charge on any atom is 0.305 e. The molecule has 4 aromatic carbocycles. The molecule has 3 aliphatic rings. The molecule has 0 amide bonds. The Kier molecular flexibility index (Phi) is 4.24. The third-order valence-electron chi connectivity index (χ3n) is 7.02. The second-order valence-electron chi connectivity index (χ2n) is 8.96. The summed E-state index contributed by atoms with van der Waals surface area (Å²) in [7, 11) is 0. The maximum absolute atomic E-state index is 6.25. The lowest BCUT2D eigenvalue weighted by atomic mass is 10.1. The highest BCUT2D eigenvalue weighted by Gasteiger charge is 2.35. The van der Waals surface area contributed by atoms with Gasteiger partial charge in [-0.25, -0.2) is 0 Å². The van der Waals surface area contributed by atoms with Gasteiger partial charge in [0.1, 0.15) is 22.9 Å². The van der Waals surface area contributed by atoms with Crippen molar-refractivity contribution in [1.29, 1.82) is 0 Å². The van der Waals surface area contributed by atoms with Gasteiger partial charge in [-0.3, -0.25) is 0 Å². The summed E-state index contributed by atoms with van der Waals surface area (Å²) in [5.74, 6) is 1.79. The van der Waals surface area contributed by atoms with Crippen LogP contribution in [0.15, 0.2) is 94.6 Å². The van der Waals surface area contributed by atoms with Gasteiger partial charge in [-0.15, -0.1) is 0 Å². The van der Waals surface area contributed by atoms with Crippen LogP contribution in [0.25, 0.3) is 37.5 Å². The summed E-state index contributed by atoms with van der Waals surface area (Å²) in [6.45, 7) is 3.03. The molecule has 1 aromatic heterocycles. The topological polar surface area (TPSA) is 25.6 Å². The number of rotatable bonds is 1. The van der Waals surface area contributed by atoms with Crippen molar-refractivity contribution in [3.8, 4) is 0 Å². The average molecular weight is 494 g/mol. The molecular weight excluding hydrogens is 472 g/mol. The van der Waals surface area contributed by atoms with Gasteiger partial charge >= 0.3 is 5.01 Å². The van der Waals surface area contributed by atoms with Crippen molar-refractivity contribution in [2.45, 2.75) is 11.4 Å². The first-order valence-corrected chi connectivity index (χ1v) is 13.5. The van der Waals surface area contributed by atoms with E-state index >= 15 is 0 Å². The molecule has 0 spiro atoms. The zero-order chi connectivity index (χ0) is 22.9. The molecule has 5 aromatic rings. The van der Waals surface area contributed by atoms with Crippen LogP contribution in [0.1, 0.15) is 5.01 Å². The molecule has 0 atom stereocenters. The first-order valence-electron chi connectivity index (χ1n) is 11.9. The molecule has 0 radical (unpaired) electrons. The fourth-order valence-corrected chi connectivity index (χ4v) is 7.96. The number of aromatic nitrogens is 1. The van der Waals surface area contributed by atoms with E-state index in [1.807, 2.05) is 23.1 Å². The highest BCUT2D eigenvalue weighted by molar-refractivity contribution is 8.04. The van der Waals surface area contributed by atoms with E-state index in [-0.39, 0.29) is 0 Å². The number of nitrogens with zero attached hydrogens (tertiary/aromatic N) is 2. The Labute approximate surface area is 210 Å². The van der Waals surface area contributed by atoms with Crippen molar-refractivity contribution in [2.24, 2.45) is 0 Å². The monoisotopic (exact) mass is 493 g/mol. The van der Waals surface area contributed by atoms with Gasteiger partial charge in [-0.2, -0.15) is 4.57 Å². The number of ether oxygens (including phenoxy) is 2. The summed E-state index contributed by atoms with van der Waals surface area (Å²) < 4.78 is 16.2. The van der Waals surface area contributed by atoms with Gasteiger partial charge in [-0.1, -0.05) is 77.7 Å². The molecule has 8 rings (SSSR count). The van der Waals surface area contributed by atoms with E-state index in [0.717, 1.165) is 34.6 Å². The van der Waals surface area contributed by atoms with Gasteiger partial charge < -0.3 is 14.4 Å². The Morgan fingerprint density at radius 1 is 0.829 bits per heavy atom. The number of benzene rings is 4. The van der Waals surface area contributed by atoms with Crippen LogP contribution in [0.5, 0.6) is 0 Å². The Morgan fingerprint density at radius 3 is 2.54 bits per heavy atom. The number of thioether (sulfide) groups is 1. The molecule has 3 aliphatic heterocycles. The van der Waals surface area contributed by atoms with E-state index in [2.05, 4.69) is 88.3 Å². The first kappa shape index (κ1) is 19.8. The molecule has 6 heteroatoms. The van der Waals surface area contributed by atoms with Crippen LogP contribution >= 0.6 is 23.1 Å². The zero-order valence-electron chi connectivity index (χ0n) is 18.9. The van der Waals surface area contributed by atoms with Crippen LogP contribution in [-0.4, -0.2) is 19.8 Å². The van der Waals surface area contributed by atoms with Gasteiger partial charge in [0.05, 0.1) is 12.2 Å². The number of thiazole rings is 1. The Morgan fingerprint density at radius 2 is 1.63 bits per heavy atom. The number of fused-ring (bicyclic) bond motifs is 10. The molecule has 0 aliphatic carbocycles. The van der Waals surface area contributed by atoms with Gasteiger partial charge in [0, 0.05) is 22.4 Å². The summed E-state index contributed by atoms with van der Waals surface area (Å²) in [5.41, 5.74) is 2.55. The number of hydrogen-bond acceptors (Lipinski definition) is 5. The largest absolute Gasteiger partial charge is 0.489 e. The Balaban J connectivity index is 1.28. The molecule has 35 heavy (non-hydrogen) atoms.